The van der Waals surface area contributed by atoms with Gasteiger partial charge in [0.05, 0.1) is 63.7 Å². The molecule has 12 rings (SSSR count). The summed E-state index contributed by atoms with van der Waals surface area (Å²) in [5.41, 5.74) is 0. The van der Waals surface area contributed by atoms with Crippen molar-refractivity contribution in [3.05, 3.63) is 364 Å². The molecular formula is C72H64CeO4P4+7. The molecule has 4 N–H and O–H groups in total. The van der Waals surface area contributed by atoms with Crippen LogP contribution < -0.4 is 63.7 Å². The van der Waals surface area contributed by atoms with E-state index in [0.717, 1.165) is 63.7 Å². The second-order valence-electron chi connectivity index (χ2n) is 18.6. The average molecular weight is 1260 g/mol. The Bertz CT molecular complexity index is 3010. The maximum absolute atomic E-state index is 11.5. The Morgan fingerprint density at radius 2 is 0.185 bits per heavy atom. The zero-order chi connectivity index (χ0) is 55.4. The number of benzene rings is 12. The van der Waals surface area contributed by atoms with Crippen molar-refractivity contribution in [3.63, 3.8) is 0 Å². The van der Waals surface area contributed by atoms with E-state index in [9.17, 15) is 18.3 Å². The molecule has 12 aromatic rings. The largest absolute Gasteiger partial charge is 3.00 e. The number of hydrogen-bond acceptors (Lipinski definition) is 0. The van der Waals surface area contributed by atoms with Crippen LogP contribution in [0.25, 0.3) is 0 Å². The molecule has 0 atom stereocenters. The average Bonchev–Trinajstić information content (AvgIpc) is 3.63. The zero-order valence-corrected chi connectivity index (χ0v) is 51.4. The Kier molecular flexibility index (Phi) is 21.9. The van der Waals surface area contributed by atoms with Crippen molar-refractivity contribution in [3.8, 4) is 0 Å². The van der Waals surface area contributed by atoms with Gasteiger partial charge in [0, 0.05) is 0 Å². The molecule has 0 aliphatic rings. The summed E-state index contributed by atoms with van der Waals surface area (Å²) in [5.74, 6) is 0. The van der Waals surface area contributed by atoms with Crippen LogP contribution in [0, 0.1) is 41.7 Å². The third-order valence-corrected chi connectivity index (χ3v) is 26.1. The van der Waals surface area contributed by atoms with Crippen LogP contribution in [0.2, 0.25) is 0 Å². The predicted octanol–water partition coefficient (Wildman–Crippen LogP) is 13.1. The first kappa shape index (κ1) is 60.0. The molecule has 0 spiro atoms. The van der Waals surface area contributed by atoms with E-state index in [0.29, 0.717) is 0 Å². The van der Waals surface area contributed by atoms with Crippen LogP contribution in [0.15, 0.2) is 364 Å². The predicted molar refractivity (Wildman–Crippen MR) is 348 cm³/mol. The summed E-state index contributed by atoms with van der Waals surface area (Å²) >= 11 is 0. The molecule has 0 bridgehead atoms. The van der Waals surface area contributed by atoms with E-state index in [4.69, 9.17) is 0 Å². The molecule has 0 aromatic heterocycles. The van der Waals surface area contributed by atoms with Gasteiger partial charge in [0.25, 0.3) is 0 Å². The van der Waals surface area contributed by atoms with Crippen LogP contribution >= 0.6 is 28.6 Å². The van der Waals surface area contributed by atoms with E-state index in [2.05, 4.69) is 0 Å². The Labute approximate surface area is 511 Å². The fourth-order valence-corrected chi connectivity index (χ4v) is 20.3. The van der Waals surface area contributed by atoms with E-state index in [-0.39, 0.29) is 41.7 Å². The molecule has 81 heavy (non-hydrogen) atoms. The van der Waals surface area contributed by atoms with Gasteiger partial charge in [0.2, 0.25) is 0 Å². The Morgan fingerprint density at radius 3 is 0.247 bits per heavy atom. The summed E-state index contributed by atoms with van der Waals surface area (Å²) in [7, 11) is -10.1. The van der Waals surface area contributed by atoms with Crippen molar-refractivity contribution in [2.75, 3.05) is 0 Å². The first-order valence-corrected chi connectivity index (χ1v) is 33.4. The van der Waals surface area contributed by atoms with E-state index in [1.54, 1.807) is 0 Å². The van der Waals surface area contributed by atoms with E-state index in [1.807, 2.05) is 364 Å². The van der Waals surface area contributed by atoms with Crippen molar-refractivity contribution < 1.29 is 60.0 Å². The molecule has 0 heterocycles. The van der Waals surface area contributed by atoms with Crippen LogP contribution in [0.1, 0.15) is 0 Å². The van der Waals surface area contributed by atoms with E-state index in [1.165, 1.54) is 0 Å². The summed E-state index contributed by atoms with van der Waals surface area (Å²) in [6.45, 7) is 0. The molecule has 393 valence electrons. The monoisotopic (exact) mass is 1260 g/mol. The van der Waals surface area contributed by atoms with Gasteiger partial charge in [0.15, 0.2) is 0 Å². The summed E-state index contributed by atoms with van der Waals surface area (Å²) in [5, 5.41) is 11.8. The molecule has 0 aliphatic heterocycles. The van der Waals surface area contributed by atoms with Crippen molar-refractivity contribution in [2.24, 2.45) is 0 Å². The Hall–Kier alpha value is -7.06. The minimum absolute atomic E-state index is 0. The summed E-state index contributed by atoms with van der Waals surface area (Å²) in [6.07, 6.45) is 0. The summed E-state index contributed by atoms with van der Waals surface area (Å²) < 4.78 is 46.1. The van der Waals surface area contributed by atoms with Crippen molar-refractivity contribution >= 4 is 92.2 Å². The first-order chi connectivity index (χ1) is 39.3. The van der Waals surface area contributed by atoms with Gasteiger partial charge in [-0.05, 0) is 146 Å². The molecule has 9 heteroatoms. The minimum atomic E-state index is -2.53. The Morgan fingerprint density at radius 1 is 0.123 bits per heavy atom. The second-order valence-corrected chi connectivity index (χ2v) is 29.8. The molecule has 0 saturated carbocycles. The van der Waals surface area contributed by atoms with Crippen LogP contribution in [-0.4, -0.2) is 18.3 Å². The van der Waals surface area contributed by atoms with Crippen molar-refractivity contribution in [2.45, 2.75) is 0 Å². The molecule has 0 fully saturated rings. The quantitative estimate of drug-likeness (QED) is 0.0862. The van der Waals surface area contributed by atoms with Crippen LogP contribution in [0.3, 0.4) is 0 Å². The van der Waals surface area contributed by atoms with Gasteiger partial charge in [0.1, 0.15) is 0 Å². The molecule has 0 saturated heterocycles. The van der Waals surface area contributed by atoms with E-state index < -0.39 is 28.6 Å². The maximum atomic E-state index is 11.5. The normalized spacial score (nSPS) is 11.1. The number of rotatable bonds is 12. The molecule has 4 nitrogen and oxygen atoms in total. The van der Waals surface area contributed by atoms with Crippen molar-refractivity contribution in [1.82, 2.24) is 0 Å². The SMILES string of the molecule is [Ce+3].[OH+]=P(c1ccccc1)(c1ccccc1)c1ccccc1.[OH+]=P(c1ccccc1)(c1ccccc1)c1ccccc1.[OH+]=P(c1ccccc1)(c1ccccc1)c1ccccc1.[OH+]=P(c1ccccc1)(c1ccccc1)c1ccccc1. The first-order valence-electron chi connectivity index (χ1n) is 26.4. The van der Waals surface area contributed by atoms with Gasteiger partial charge in [-0.15, -0.1) is 0 Å². The molecule has 1 radical (unpaired) electrons. The van der Waals surface area contributed by atoms with Gasteiger partial charge in [-0.3, -0.25) is 0 Å². The van der Waals surface area contributed by atoms with Crippen LogP contribution in [-0.2, 0) is 0 Å². The fourth-order valence-electron chi connectivity index (χ4n) is 9.51. The topological polar surface area (TPSA) is 85.6 Å². The standard InChI is InChI=1S/4C18H15OP.Ce/c4*19-20(16-10-4-1-5-11-16,17-12-6-2-7-13-17)18-14-8-3-9-15-18;/h4*1-15H;/q;;;;+3/p+4. The van der Waals surface area contributed by atoms with E-state index >= 15 is 0 Å². The van der Waals surface area contributed by atoms with Gasteiger partial charge in [-0.2, -0.15) is 0 Å². The molecule has 12 aromatic carbocycles. The summed E-state index contributed by atoms with van der Waals surface area (Å²) in [4.78, 5) is 0. The smallest absolute Gasteiger partial charge is 0.307 e. The van der Waals surface area contributed by atoms with Gasteiger partial charge >= 0.3 is 70.3 Å². The maximum Gasteiger partial charge on any atom is 3.00 e. The van der Waals surface area contributed by atoms with Gasteiger partial charge in [-0.1, -0.05) is 218 Å². The fraction of sp³-hybridized carbons (Fsp3) is 0. The third kappa shape index (κ3) is 14.2. The molecule has 0 unspecified atom stereocenters. The third-order valence-electron chi connectivity index (χ3n) is 13.6. The van der Waals surface area contributed by atoms with Gasteiger partial charge in [-0.25, -0.2) is 0 Å². The Balaban J connectivity index is 0.000000141. The summed E-state index contributed by atoms with van der Waals surface area (Å²) in [6, 6.07) is 119. The molecule has 0 aliphatic carbocycles. The molecular weight excluding hydrogens is 1190 g/mol. The molecule has 0 amide bonds. The van der Waals surface area contributed by atoms with Gasteiger partial charge < -0.3 is 18.3 Å². The van der Waals surface area contributed by atoms with Crippen molar-refractivity contribution in [1.29, 1.82) is 0 Å². The minimum Gasteiger partial charge on any atom is -0.307 e. The zero-order valence-electron chi connectivity index (χ0n) is 44.7. The van der Waals surface area contributed by atoms with Crippen LogP contribution in [0.4, 0.5) is 0 Å². The second kappa shape index (κ2) is 29.6. The van der Waals surface area contributed by atoms with Crippen LogP contribution in [0.5, 0.6) is 0 Å². The number of hydrogen-bond donors (Lipinski definition) is 0.